The topological polar surface area (TPSA) is 67.4 Å². The quantitative estimate of drug-likeness (QED) is 0.625. The molecule has 2 aromatic carbocycles. The van der Waals surface area contributed by atoms with Gasteiger partial charge in [0.15, 0.2) is 0 Å². The minimum Gasteiger partial charge on any atom is -0.497 e. The van der Waals surface area contributed by atoms with Gasteiger partial charge in [-0.1, -0.05) is 18.2 Å². The summed E-state index contributed by atoms with van der Waals surface area (Å²) in [5, 5.41) is 5.22. The maximum atomic E-state index is 11.9. The summed E-state index contributed by atoms with van der Waals surface area (Å²) in [6.45, 7) is 0.392. The molecular weight excluding hydrogens is 324 g/mol. The molecule has 0 fully saturated rings. The lowest BCUT2D eigenvalue weighted by molar-refractivity contribution is -0.136. The maximum Gasteiger partial charge on any atom is 0.313 e. The van der Waals surface area contributed by atoms with Crippen LogP contribution in [0.4, 0.5) is 5.69 Å². The molecule has 0 saturated carbocycles. The van der Waals surface area contributed by atoms with E-state index in [-0.39, 0.29) is 0 Å². The molecule has 2 amide bonds. The van der Waals surface area contributed by atoms with Crippen LogP contribution in [-0.2, 0) is 16.0 Å². The Labute approximate surface area is 145 Å². The predicted octanol–water partition coefficient (Wildman–Crippen LogP) is 2.71. The summed E-state index contributed by atoms with van der Waals surface area (Å²) >= 11 is 1.57. The smallest absolute Gasteiger partial charge is 0.313 e. The van der Waals surface area contributed by atoms with Crippen molar-refractivity contribution in [3.63, 3.8) is 0 Å². The zero-order chi connectivity index (χ0) is 17.4. The van der Waals surface area contributed by atoms with Crippen molar-refractivity contribution >= 4 is 29.3 Å². The van der Waals surface area contributed by atoms with E-state index in [1.54, 1.807) is 24.9 Å². The van der Waals surface area contributed by atoms with E-state index in [2.05, 4.69) is 10.6 Å². The van der Waals surface area contributed by atoms with Crippen molar-refractivity contribution in [2.24, 2.45) is 0 Å². The SMILES string of the molecule is COc1ccc(CCNC(=O)C(=O)Nc2cccc(SC)c2)cc1. The number of amides is 2. The fraction of sp³-hybridized carbons (Fsp3) is 0.222. The first kappa shape index (κ1) is 17.9. The van der Waals surface area contributed by atoms with Crippen LogP contribution in [0.15, 0.2) is 53.4 Å². The molecule has 2 rings (SSSR count). The zero-order valence-electron chi connectivity index (χ0n) is 13.7. The lowest BCUT2D eigenvalue weighted by Gasteiger charge is -2.08. The number of carbonyl (C=O) groups excluding carboxylic acids is 2. The summed E-state index contributed by atoms with van der Waals surface area (Å²) in [5.74, 6) is -0.518. The average Bonchev–Trinajstić information content (AvgIpc) is 2.62. The summed E-state index contributed by atoms with van der Waals surface area (Å²) in [7, 11) is 1.61. The number of carbonyl (C=O) groups is 2. The third-order valence-corrected chi connectivity index (χ3v) is 4.12. The van der Waals surface area contributed by atoms with Crippen LogP contribution in [0, 0.1) is 0 Å². The van der Waals surface area contributed by atoms with Gasteiger partial charge in [0.25, 0.3) is 0 Å². The fourth-order valence-corrected chi connectivity index (χ4v) is 2.54. The van der Waals surface area contributed by atoms with Gasteiger partial charge in [-0.3, -0.25) is 9.59 Å². The molecule has 126 valence electrons. The molecule has 5 nitrogen and oxygen atoms in total. The highest BCUT2D eigenvalue weighted by molar-refractivity contribution is 7.98. The van der Waals surface area contributed by atoms with Gasteiger partial charge in [0.2, 0.25) is 0 Å². The van der Waals surface area contributed by atoms with Crippen molar-refractivity contribution in [2.75, 3.05) is 25.2 Å². The van der Waals surface area contributed by atoms with Crippen LogP contribution in [0.1, 0.15) is 5.56 Å². The van der Waals surface area contributed by atoms with E-state index in [0.717, 1.165) is 16.2 Å². The molecule has 2 aromatic rings. The summed E-state index contributed by atoms with van der Waals surface area (Å²) in [6.07, 6.45) is 2.60. The van der Waals surface area contributed by atoms with E-state index in [4.69, 9.17) is 4.74 Å². The first-order valence-corrected chi connectivity index (χ1v) is 8.71. The predicted molar refractivity (Wildman–Crippen MR) is 96.6 cm³/mol. The van der Waals surface area contributed by atoms with E-state index in [1.807, 2.05) is 48.7 Å². The van der Waals surface area contributed by atoms with Crippen molar-refractivity contribution in [1.82, 2.24) is 5.32 Å². The van der Waals surface area contributed by atoms with E-state index < -0.39 is 11.8 Å². The molecule has 0 aliphatic heterocycles. The summed E-state index contributed by atoms with van der Waals surface area (Å²) < 4.78 is 5.09. The van der Waals surface area contributed by atoms with Crippen LogP contribution in [-0.4, -0.2) is 31.7 Å². The van der Waals surface area contributed by atoms with E-state index in [0.29, 0.717) is 18.7 Å². The lowest BCUT2D eigenvalue weighted by Crippen LogP contribution is -2.36. The highest BCUT2D eigenvalue weighted by Gasteiger charge is 2.13. The van der Waals surface area contributed by atoms with E-state index in [1.165, 1.54) is 0 Å². The standard InChI is InChI=1S/C18H20N2O3S/c1-23-15-8-6-13(7-9-15)10-11-19-17(21)18(22)20-14-4-3-5-16(12-14)24-2/h3-9,12H,10-11H2,1-2H3,(H,19,21)(H,20,22). The Hall–Kier alpha value is -2.47. The third-order valence-electron chi connectivity index (χ3n) is 3.39. The lowest BCUT2D eigenvalue weighted by atomic mass is 10.1. The molecule has 24 heavy (non-hydrogen) atoms. The van der Waals surface area contributed by atoms with Gasteiger partial charge in [0.1, 0.15) is 5.75 Å². The van der Waals surface area contributed by atoms with Crippen molar-refractivity contribution in [3.05, 3.63) is 54.1 Å². The average molecular weight is 344 g/mol. The minimum atomic E-state index is -0.664. The molecule has 0 aliphatic carbocycles. The normalized spacial score (nSPS) is 10.1. The number of benzene rings is 2. The molecule has 0 spiro atoms. The Morgan fingerprint density at radius 1 is 1.08 bits per heavy atom. The summed E-state index contributed by atoms with van der Waals surface area (Å²) in [6, 6.07) is 14.9. The third kappa shape index (κ3) is 5.31. The Bertz CT molecular complexity index is 702. The highest BCUT2D eigenvalue weighted by atomic mass is 32.2. The van der Waals surface area contributed by atoms with Gasteiger partial charge in [0.05, 0.1) is 7.11 Å². The van der Waals surface area contributed by atoms with Crippen molar-refractivity contribution < 1.29 is 14.3 Å². The summed E-state index contributed by atoms with van der Waals surface area (Å²) in [5.41, 5.74) is 1.67. The van der Waals surface area contributed by atoms with E-state index >= 15 is 0 Å². The summed E-state index contributed by atoms with van der Waals surface area (Å²) in [4.78, 5) is 24.8. The van der Waals surface area contributed by atoms with E-state index in [9.17, 15) is 9.59 Å². The molecule has 0 aromatic heterocycles. The first-order chi connectivity index (χ1) is 11.6. The molecule has 0 aliphatic rings. The number of nitrogens with one attached hydrogen (secondary N) is 2. The monoisotopic (exact) mass is 344 g/mol. The number of hydrogen-bond donors (Lipinski definition) is 2. The van der Waals surface area contributed by atoms with Gasteiger partial charge >= 0.3 is 11.8 Å². The van der Waals surface area contributed by atoms with Crippen molar-refractivity contribution in [1.29, 1.82) is 0 Å². The fourth-order valence-electron chi connectivity index (χ4n) is 2.08. The van der Waals surface area contributed by atoms with Crippen molar-refractivity contribution in [2.45, 2.75) is 11.3 Å². The van der Waals surface area contributed by atoms with Crippen LogP contribution in [0.3, 0.4) is 0 Å². The molecule has 0 heterocycles. The number of anilines is 1. The second-order valence-corrected chi connectivity index (χ2v) is 5.92. The highest BCUT2D eigenvalue weighted by Crippen LogP contribution is 2.18. The first-order valence-electron chi connectivity index (χ1n) is 7.48. The van der Waals surface area contributed by atoms with Gasteiger partial charge in [-0.05, 0) is 48.6 Å². The van der Waals surface area contributed by atoms with Crippen LogP contribution in [0.25, 0.3) is 0 Å². The molecule has 0 radical (unpaired) electrons. The van der Waals surface area contributed by atoms with Crippen molar-refractivity contribution in [3.8, 4) is 5.75 Å². The number of hydrogen-bond acceptors (Lipinski definition) is 4. The van der Waals surface area contributed by atoms with Crippen LogP contribution in [0.5, 0.6) is 5.75 Å². The minimum absolute atomic E-state index is 0.392. The van der Waals surface area contributed by atoms with Gasteiger partial charge in [0, 0.05) is 17.1 Å². The largest absolute Gasteiger partial charge is 0.497 e. The molecule has 6 heteroatoms. The maximum absolute atomic E-state index is 11.9. The number of ether oxygens (including phenoxy) is 1. The molecule has 2 N–H and O–H groups in total. The Morgan fingerprint density at radius 3 is 2.50 bits per heavy atom. The zero-order valence-corrected chi connectivity index (χ0v) is 14.5. The Morgan fingerprint density at radius 2 is 1.83 bits per heavy atom. The van der Waals surface area contributed by atoms with Crippen LogP contribution < -0.4 is 15.4 Å². The number of thioether (sulfide) groups is 1. The molecule has 0 atom stereocenters. The second-order valence-electron chi connectivity index (χ2n) is 5.04. The van der Waals surface area contributed by atoms with Gasteiger partial charge < -0.3 is 15.4 Å². The Balaban J connectivity index is 1.79. The molecule has 0 unspecified atom stereocenters. The molecule has 0 bridgehead atoms. The molecule has 0 saturated heterocycles. The molecular formula is C18H20N2O3S. The van der Waals surface area contributed by atoms with Crippen LogP contribution in [0.2, 0.25) is 0 Å². The number of rotatable bonds is 6. The van der Waals surface area contributed by atoms with Gasteiger partial charge in [-0.15, -0.1) is 11.8 Å². The van der Waals surface area contributed by atoms with Gasteiger partial charge in [-0.2, -0.15) is 0 Å². The second kappa shape index (κ2) is 8.98. The van der Waals surface area contributed by atoms with Crippen LogP contribution >= 0.6 is 11.8 Å². The number of methoxy groups -OCH3 is 1. The van der Waals surface area contributed by atoms with Gasteiger partial charge in [-0.25, -0.2) is 0 Å². The Kier molecular flexibility index (Phi) is 6.69.